The van der Waals surface area contributed by atoms with Crippen molar-refractivity contribution in [3.63, 3.8) is 0 Å². The minimum atomic E-state index is -1.03. The highest BCUT2D eigenvalue weighted by atomic mass is 16.4. The first-order chi connectivity index (χ1) is 10.3. The molecule has 2 aromatic rings. The average Bonchev–Trinajstić information content (AvgIpc) is 2.47. The smallest absolute Gasteiger partial charge is 0.335 e. The van der Waals surface area contributed by atoms with Crippen LogP contribution >= 0.6 is 0 Å². The van der Waals surface area contributed by atoms with E-state index in [0.717, 1.165) is 0 Å². The summed E-state index contributed by atoms with van der Waals surface area (Å²) < 4.78 is 0. The molecule has 2 aromatic carbocycles. The van der Waals surface area contributed by atoms with E-state index in [4.69, 9.17) is 15.3 Å². The zero-order valence-electron chi connectivity index (χ0n) is 12.2. The third-order valence-corrected chi connectivity index (χ3v) is 2.59. The number of benzene rings is 2. The molecule has 0 aliphatic heterocycles. The summed E-state index contributed by atoms with van der Waals surface area (Å²) >= 11 is 0. The lowest BCUT2D eigenvalue weighted by Crippen LogP contribution is -2.21. The number of carbonyl (C=O) groups is 2. The summed E-state index contributed by atoms with van der Waals surface area (Å²) in [5.74, 6) is -1.05. The van der Waals surface area contributed by atoms with Gasteiger partial charge < -0.3 is 20.2 Å². The van der Waals surface area contributed by atoms with Gasteiger partial charge in [-0.3, -0.25) is 4.79 Å². The number of hydrogen-bond donors (Lipinski definition) is 3. The predicted octanol–water partition coefficient (Wildman–Crippen LogP) is 2.82. The van der Waals surface area contributed by atoms with Crippen LogP contribution in [0.25, 0.3) is 0 Å². The number of nitrogens with zero attached hydrogens (tertiary/aromatic N) is 1. The summed E-state index contributed by atoms with van der Waals surface area (Å²) in [5, 5.41) is 26.3. The van der Waals surface area contributed by atoms with Crippen molar-refractivity contribution in [2.75, 3.05) is 14.1 Å². The number of carboxylic acid groups (broad SMARTS) is 1. The van der Waals surface area contributed by atoms with Gasteiger partial charge in [0.25, 0.3) is 5.91 Å². The fourth-order valence-corrected chi connectivity index (χ4v) is 1.54. The molecule has 1 amide bonds. The number of carboxylic acids is 1. The lowest BCUT2D eigenvalue weighted by Gasteiger charge is -2.09. The maximum absolute atomic E-state index is 11.3. The molecular formula is C17H21NO5. The van der Waals surface area contributed by atoms with Gasteiger partial charge in [-0.25, -0.2) is 4.79 Å². The van der Waals surface area contributed by atoms with Crippen LogP contribution in [-0.2, 0) is 0 Å². The highest BCUT2D eigenvalue weighted by molar-refractivity contribution is 5.94. The number of rotatable bonds is 2. The first-order valence-electron chi connectivity index (χ1n) is 6.34. The maximum Gasteiger partial charge on any atom is 0.335 e. The van der Waals surface area contributed by atoms with E-state index < -0.39 is 5.97 Å². The van der Waals surface area contributed by atoms with Crippen LogP contribution in [0, 0.1) is 0 Å². The molecule has 0 radical (unpaired) electrons. The Morgan fingerprint density at radius 3 is 1.65 bits per heavy atom. The zero-order valence-corrected chi connectivity index (χ0v) is 12.2. The quantitative estimate of drug-likeness (QED) is 0.790. The van der Waals surface area contributed by atoms with E-state index in [1.54, 1.807) is 26.2 Å². The Hall–Kier alpha value is -3.02. The van der Waals surface area contributed by atoms with Crippen molar-refractivity contribution in [2.45, 2.75) is 7.43 Å². The van der Waals surface area contributed by atoms with Gasteiger partial charge in [-0.05, 0) is 36.4 Å². The fraction of sp³-hybridized carbons (Fsp3) is 0.176. The zero-order chi connectivity index (χ0) is 16.7. The van der Waals surface area contributed by atoms with E-state index >= 15 is 0 Å². The molecule has 0 spiro atoms. The number of aromatic hydroxyl groups is 2. The van der Waals surface area contributed by atoms with E-state index in [0.29, 0.717) is 5.56 Å². The molecule has 0 bridgehead atoms. The number of aromatic carboxylic acids is 1. The molecule has 0 aliphatic rings. The number of phenolic OH excluding ortho intramolecular Hbond substituents is 2. The molecule has 6 heteroatoms. The topological polar surface area (TPSA) is 98.1 Å². The van der Waals surface area contributed by atoms with E-state index in [1.807, 2.05) is 0 Å². The average molecular weight is 319 g/mol. The first kappa shape index (κ1) is 20.0. The third kappa shape index (κ3) is 6.52. The van der Waals surface area contributed by atoms with Gasteiger partial charge in [0.2, 0.25) is 0 Å². The van der Waals surface area contributed by atoms with Gasteiger partial charge in [0.05, 0.1) is 5.56 Å². The Bertz CT molecular complexity index is 668. The number of hydrogen-bond acceptors (Lipinski definition) is 4. The van der Waals surface area contributed by atoms with Crippen LogP contribution in [0.1, 0.15) is 28.1 Å². The normalized spacial score (nSPS) is 8.96. The van der Waals surface area contributed by atoms with Crippen molar-refractivity contribution in [2.24, 2.45) is 0 Å². The van der Waals surface area contributed by atoms with Gasteiger partial charge in [0.15, 0.2) is 0 Å². The summed E-state index contributed by atoms with van der Waals surface area (Å²) in [7, 11) is 3.35. The third-order valence-electron chi connectivity index (χ3n) is 2.59. The molecular weight excluding hydrogens is 298 g/mol. The van der Waals surface area contributed by atoms with Crippen molar-refractivity contribution in [1.82, 2.24) is 4.90 Å². The van der Waals surface area contributed by atoms with Crippen LogP contribution in [-0.4, -0.2) is 46.2 Å². The second-order valence-electron chi connectivity index (χ2n) is 4.61. The standard InChI is InChI=1S/C9H11NO2.C7H6O3.CH4/c1-10(2)9(12)7-4-3-5-8(11)6-7;8-6-3-1-2-5(4-6)7(9)10;/h3-6,11H,1-2H3;1-4,8H,(H,9,10);1H4. The second-order valence-corrected chi connectivity index (χ2v) is 4.61. The molecule has 0 aliphatic carbocycles. The van der Waals surface area contributed by atoms with Gasteiger partial charge in [0, 0.05) is 19.7 Å². The number of carbonyl (C=O) groups excluding carboxylic acids is 1. The Balaban J connectivity index is 0.000000409. The van der Waals surface area contributed by atoms with Gasteiger partial charge in [-0.15, -0.1) is 0 Å². The molecule has 0 fully saturated rings. The number of amides is 1. The Morgan fingerprint density at radius 2 is 1.30 bits per heavy atom. The minimum Gasteiger partial charge on any atom is -0.508 e. The summed E-state index contributed by atoms with van der Waals surface area (Å²) in [6.07, 6.45) is 0. The molecule has 0 unspecified atom stereocenters. The summed E-state index contributed by atoms with van der Waals surface area (Å²) in [5.41, 5.74) is 0.597. The number of phenols is 2. The van der Waals surface area contributed by atoms with Gasteiger partial charge >= 0.3 is 5.97 Å². The van der Waals surface area contributed by atoms with E-state index in [1.165, 1.54) is 41.3 Å². The van der Waals surface area contributed by atoms with Gasteiger partial charge in [0.1, 0.15) is 11.5 Å². The molecule has 0 atom stereocenters. The molecule has 0 saturated carbocycles. The second kappa shape index (κ2) is 9.09. The van der Waals surface area contributed by atoms with Crippen LogP contribution in [0.3, 0.4) is 0 Å². The predicted molar refractivity (Wildman–Crippen MR) is 87.9 cm³/mol. The Kier molecular flexibility index (Phi) is 7.90. The molecule has 6 nitrogen and oxygen atoms in total. The van der Waals surface area contributed by atoms with Crippen LogP contribution < -0.4 is 0 Å². The SMILES string of the molecule is C.CN(C)C(=O)c1cccc(O)c1.O=C(O)c1cccc(O)c1. The molecule has 0 saturated heterocycles. The van der Waals surface area contributed by atoms with Crippen molar-refractivity contribution >= 4 is 11.9 Å². The van der Waals surface area contributed by atoms with Crippen LogP contribution in [0.15, 0.2) is 48.5 Å². The molecule has 2 rings (SSSR count). The first-order valence-corrected chi connectivity index (χ1v) is 6.34. The van der Waals surface area contributed by atoms with Gasteiger partial charge in [-0.2, -0.15) is 0 Å². The van der Waals surface area contributed by atoms with Crippen molar-refractivity contribution in [3.05, 3.63) is 59.7 Å². The van der Waals surface area contributed by atoms with Crippen molar-refractivity contribution < 1.29 is 24.9 Å². The summed E-state index contributed by atoms with van der Waals surface area (Å²) in [4.78, 5) is 23.0. The molecule has 3 N–H and O–H groups in total. The monoisotopic (exact) mass is 319 g/mol. The van der Waals surface area contributed by atoms with Crippen LogP contribution in [0.2, 0.25) is 0 Å². The van der Waals surface area contributed by atoms with Gasteiger partial charge in [-0.1, -0.05) is 19.6 Å². The largest absolute Gasteiger partial charge is 0.508 e. The highest BCUT2D eigenvalue weighted by Crippen LogP contribution is 2.11. The highest BCUT2D eigenvalue weighted by Gasteiger charge is 2.07. The molecule has 124 valence electrons. The molecule has 0 heterocycles. The van der Waals surface area contributed by atoms with E-state index in [-0.39, 0.29) is 30.4 Å². The fourth-order valence-electron chi connectivity index (χ4n) is 1.54. The minimum absolute atomic E-state index is 0. The lowest BCUT2D eigenvalue weighted by atomic mass is 10.2. The van der Waals surface area contributed by atoms with Crippen molar-refractivity contribution in [3.8, 4) is 11.5 Å². The lowest BCUT2D eigenvalue weighted by molar-refractivity contribution is 0.0696. The maximum atomic E-state index is 11.3. The van der Waals surface area contributed by atoms with Crippen LogP contribution in [0.5, 0.6) is 11.5 Å². The Morgan fingerprint density at radius 1 is 0.870 bits per heavy atom. The van der Waals surface area contributed by atoms with Crippen LogP contribution in [0.4, 0.5) is 0 Å². The molecule has 0 aromatic heterocycles. The van der Waals surface area contributed by atoms with E-state index in [9.17, 15) is 9.59 Å². The van der Waals surface area contributed by atoms with E-state index in [2.05, 4.69) is 0 Å². The summed E-state index contributed by atoms with van der Waals surface area (Å²) in [6.45, 7) is 0. The van der Waals surface area contributed by atoms with Crippen molar-refractivity contribution in [1.29, 1.82) is 0 Å². The summed E-state index contributed by atoms with van der Waals surface area (Å²) in [6, 6.07) is 11.8. The Labute approximate surface area is 135 Å². The molecule has 23 heavy (non-hydrogen) atoms.